The fourth-order valence-electron chi connectivity index (χ4n) is 3.52. The third kappa shape index (κ3) is 3.17. The Morgan fingerprint density at radius 2 is 1.96 bits per heavy atom. The van der Waals surface area contributed by atoms with Crippen molar-refractivity contribution in [3.63, 3.8) is 0 Å². The number of hydrogen-bond donors (Lipinski definition) is 1. The van der Waals surface area contributed by atoms with E-state index in [-0.39, 0.29) is 27.5 Å². The van der Waals surface area contributed by atoms with Crippen molar-refractivity contribution in [1.29, 1.82) is 0 Å². The lowest BCUT2D eigenvalue weighted by Crippen LogP contribution is -2.39. The Kier molecular flexibility index (Phi) is 4.76. The molecular formula is C20H20ClNO4S. The molecule has 0 bridgehead atoms. The second kappa shape index (κ2) is 6.95. The third-order valence-electron chi connectivity index (χ3n) is 5.14. The minimum absolute atomic E-state index is 0.0230. The number of halogens is 1. The molecule has 3 aromatic rings. The summed E-state index contributed by atoms with van der Waals surface area (Å²) < 4.78 is 32.0. The average Bonchev–Trinajstić information content (AvgIpc) is 3.06. The molecule has 1 aliphatic heterocycles. The molecule has 2 aromatic carbocycles. The summed E-state index contributed by atoms with van der Waals surface area (Å²) in [6, 6.07) is 11.4. The summed E-state index contributed by atoms with van der Waals surface area (Å²) in [5, 5.41) is 10.5. The molecule has 1 aliphatic rings. The third-order valence-corrected chi connectivity index (χ3v) is 7.17. The predicted octanol–water partition coefficient (Wildman–Crippen LogP) is 3.66. The lowest BCUT2D eigenvalue weighted by molar-refractivity contribution is 0.120. The highest BCUT2D eigenvalue weighted by Gasteiger charge is 2.28. The van der Waals surface area contributed by atoms with Crippen LogP contribution in [0.4, 0.5) is 0 Å². The SMILES string of the molecule is CC(CO)N1CCc2oc3c(Cl)cc(S(=O)(=O)c4ccccc4)cc3c2C1. The number of aliphatic hydroxyl groups excluding tert-OH is 1. The van der Waals surface area contributed by atoms with E-state index < -0.39 is 9.84 Å². The molecule has 1 aromatic heterocycles. The molecular weight excluding hydrogens is 386 g/mol. The molecule has 27 heavy (non-hydrogen) atoms. The van der Waals surface area contributed by atoms with Gasteiger partial charge in [0, 0.05) is 36.5 Å². The van der Waals surface area contributed by atoms with Crippen molar-refractivity contribution in [3.05, 3.63) is 58.8 Å². The van der Waals surface area contributed by atoms with Crippen molar-refractivity contribution in [2.45, 2.75) is 35.7 Å². The molecule has 4 rings (SSSR count). The van der Waals surface area contributed by atoms with Gasteiger partial charge >= 0.3 is 0 Å². The van der Waals surface area contributed by atoms with E-state index in [1.54, 1.807) is 36.4 Å². The zero-order valence-electron chi connectivity index (χ0n) is 14.9. The molecule has 0 aliphatic carbocycles. The number of hydrogen-bond acceptors (Lipinski definition) is 5. The number of rotatable bonds is 4. The van der Waals surface area contributed by atoms with Crippen molar-refractivity contribution in [2.24, 2.45) is 0 Å². The summed E-state index contributed by atoms with van der Waals surface area (Å²) in [4.78, 5) is 2.54. The Morgan fingerprint density at radius 1 is 1.22 bits per heavy atom. The van der Waals surface area contributed by atoms with Crippen molar-refractivity contribution < 1.29 is 17.9 Å². The number of aliphatic hydroxyl groups is 1. The van der Waals surface area contributed by atoms with E-state index in [0.29, 0.717) is 18.5 Å². The number of furan rings is 1. The Bertz CT molecular complexity index is 1090. The second-order valence-corrected chi connectivity index (χ2v) is 9.21. The van der Waals surface area contributed by atoms with E-state index in [0.717, 1.165) is 23.3 Å². The van der Waals surface area contributed by atoms with Crippen molar-refractivity contribution in [3.8, 4) is 0 Å². The van der Waals surface area contributed by atoms with Gasteiger partial charge < -0.3 is 9.52 Å². The van der Waals surface area contributed by atoms with Crippen LogP contribution in [0.5, 0.6) is 0 Å². The van der Waals surface area contributed by atoms with Crippen molar-refractivity contribution in [1.82, 2.24) is 4.90 Å². The topological polar surface area (TPSA) is 70.8 Å². The van der Waals surface area contributed by atoms with E-state index in [9.17, 15) is 13.5 Å². The first kappa shape index (κ1) is 18.5. The molecule has 0 fully saturated rings. The number of sulfone groups is 1. The van der Waals surface area contributed by atoms with E-state index in [4.69, 9.17) is 16.0 Å². The summed E-state index contributed by atoms with van der Waals surface area (Å²) in [7, 11) is -3.67. The second-order valence-electron chi connectivity index (χ2n) is 6.85. The molecule has 0 saturated carbocycles. The average molecular weight is 406 g/mol. The highest BCUT2D eigenvalue weighted by molar-refractivity contribution is 7.91. The van der Waals surface area contributed by atoms with Crippen LogP contribution in [0.2, 0.25) is 5.02 Å². The van der Waals surface area contributed by atoms with Crippen LogP contribution in [0.15, 0.2) is 56.7 Å². The monoisotopic (exact) mass is 405 g/mol. The van der Waals surface area contributed by atoms with Gasteiger partial charge in [-0.15, -0.1) is 0 Å². The molecule has 1 unspecified atom stereocenters. The van der Waals surface area contributed by atoms with Crippen molar-refractivity contribution in [2.75, 3.05) is 13.2 Å². The summed E-state index contributed by atoms with van der Waals surface area (Å²) in [6.45, 7) is 3.40. The molecule has 7 heteroatoms. The fraction of sp³-hybridized carbons (Fsp3) is 0.300. The Balaban J connectivity index is 1.85. The van der Waals surface area contributed by atoms with Gasteiger partial charge in [0.2, 0.25) is 9.84 Å². The van der Waals surface area contributed by atoms with E-state index in [1.165, 1.54) is 6.07 Å². The van der Waals surface area contributed by atoms with Gasteiger partial charge in [-0.25, -0.2) is 8.42 Å². The van der Waals surface area contributed by atoms with E-state index in [1.807, 2.05) is 6.92 Å². The van der Waals surface area contributed by atoms with Crippen LogP contribution in [-0.2, 0) is 22.8 Å². The first-order chi connectivity index (χ1) is 12.9. The van der Waals surface area contributed by atoms with Gasteiger partial charge in [0.1, 0.15) is 5.76 Å². The van der Waals surface area contributed by atoms with Crippen LogP contribution in [0.3, 0.4) is 0 Å². The summed E-state index contributed by atoms with van der Waals surface area (Å²) >= 11 is 6.39. The molecule has 2 heterocycles. The van der Waals surface area contributed by atoms with Gasteiger partial charge in [-0.3, -0.25) is 4.90 Å². The zero-order chi connectivity index (χ0) is 19.2. The summed E-state index contributed by atoms with van der Waals surface area (Å²) in [6.07, 6.45) is 0.700. The normalized spacial score (nSPS) is 16.4. The van der Waals surface area contributed by atoms with E-state index >= 15 is 0 Å². The molecule has 0 amide bonds. The molecule has 0 radical (unpaired) electrons. The maximum atomic E-state index is 13.0. The maximum absolute atomic E-state index is 13.0. The van der Waals surface area contributed by atoms with E-state index in [2.05, 4.69) is 4.90 Å². The van der Waals surface area contributed by atoms with Gasteiger partial charge in [-0.2, -0.15) is 0 Å². The predicted molar refractivity (Wildman–Crippen MR) is 104 cm³/mol. The van der Waals surface area contributed by atoms with Gasteiger partial charge in [0.05, 0.1) is 21.4 Å². The number of benzene rings is 2. The zero-order valence-corrected chi connectivity index (χ0v) is 16.4. The molecule has 1 atom stereocenters. The standard InChI is InChI=1S/C20H20ClNO4S/c1-13(12-23)22-8-7-19-17(11-22)16-9-15(10-18(21)20(16)26-19)27(24,25)14-5-3-2-4-6-14/h2-6,9-10,13,23H,7-8,11-12H2,1H3. The first-order valence-corrected chi connectivity index (χ1v) is 10.7. The lowest BCUT2D eigenvalue weighted by atomic mass is 10.0. The van der Waals surface area contributed by atoms with Crippen LogP contribution in [0, 0.1) is 0 Å². The van der Waals surface area contributed by atoms with Crippen LogP contribution in [0.25, 0.3) is 11.0 Å². The Hall–Kier alpha value is -1.86. The Labute approximate surface area is 163 Å². The van der Waals surface area contributed by atoms with Crippen molar-refractivity contribution >= 4 is 32.4 Å². The molecule has 0 spiro atoms. The highest BCUT2D eigenvalue weighted by Crippen LogP contribution is 2.38. The molecule has 1 N–H and O–H groups in total. The smallest absolute Gasteiger partial charge is 0.206 e. The molecule has 0 saturated heterocycles. The van der Waals surface area contributed by atoms with Gasteiger partial charge in [-0.1, -0.05) is 29.8 Å². The van der Waals surface area contributed by atoms with Gasteiger partial charge in [0.25, 0.3) is 0 Å². The maximum Gasteiger partial charge on any atom is 0.206 e. The summed E-state index contributed by atoms with van der Waals surface area (Å²) in [5.74, 6) is 0.836. The number of nitrogens with zero attached hydrogens (tertiary/aromatic N) is 1. The molecule has 142 valence electrons. The van der Waals surface area contributed by atoms with Crippen LogP contribution >= 0.6 is 11.6 Å². The minimum Gasteiger partial charge on any atom is -0.459 e. The largest absolute Gasteiger partial charge is 0.459 e. The fourth-order valence-corrected chi connectivity index (χ4v) is 5.17. The minimum atomic E-state index is -3.67. The highest BCUT2D eigenvalue weighted by atomic mass is 35.5. The van der Waals surface area contributed by atoms with Crippen LogP contribution < -0.4 is 0 Å². The van der Waals surface area contributed by atoms with Gasteiger partial charge in [-0.05, 0) is 31.2 Å². The lowest BCUT2D eigenvalue weighted by Gasteiger charge is -2.30. The van der Waals surface area contributed by atoms with Crippen LogP contribution in [-0.4, -0.2) is 37.6 Å². The molecule has 5 nitrogen and oxygen atoms in total. The Morgan fingerprint density at radius 3 is 2.67 bits per heavy atom. The van der Waals surface area contributed by atoms with Crippen LogP contribution in [0.1, 0.15) is 18.2 Å². The first-order valence-electron chi connectivity index (χ1n) is 8.80. The summed E-state index contributed by atoms with van der Waals surface area (Å²) in [5.41, 5.74) is 1.47. The van der Waals surface area contributed by atoms with Gasteiger partial charge in [0.15, 0.2) is 5.58 Å². The quantitative estimate of drug-likeness (QED) is 0.717. The number of fused-ring (bicyclic) bond motifs is 3.